The van der Waals surface area contributed by atoms with Crippen molar-refractivity contribution in [1.82, 2.24) is 9.38 Å². The predicted octanol–water partition coefficient (Wildman–Crippen LogP) is 3.02. The van der Waals surface area contributed by atoms with Crippen molar-refractivity contribution < 1.29 is 9.84 Å². The van der Waals surface area contributed by atoms with Crippen LogP contribution in [0.5, 0.6) is 5.88 Å². The van der Waals surface area contributed by atoms with Crippen LogP contribution in [0.1, 0.15) is 22.5 Å². The van der Waals surface area contributed by atoms with Crippen LogP contribution in [0.2, 0.25) is 0 Å². The standard InChI is InChI=1S/C17H18N2O2/c1-12-13(2)19-16(18-12)9-8-15(10-20)17(19)21-11-14-6-4-3-5-7-14/h3-9,20H,10-11H2,1-2H3. The smallest absolute Gasteiger partial charge is 0.205 e. The number of fused-ring (bicyclic) bond motifs is 1. The molecule has 0 bridgehead atoms. The number of hydrogen-bond acceptors (Lipinski definition) is 3. The fraction of sp³-hybridized carbons (Fsp3) is 0.235. The van der Waals surface area contributed by atoms with Crippen LogP contribution in [0.4, 0.5) is 0 Å². The topological polar surface area (TPSA) is 46.8 Å². The molecule has 4 nitrogen and oxygen atoms in total. The van der Waals surface area contributed by atoms with E-state index in [0.29, 0.717) is 12.5 Å². The van der Waals surface area contributed by atoms with Crippen molar-refractivity contribution in [3.63, 3.8) is 0 Å². The van der Waals surface area contributed by atoms with Gasteiger partial charge in [0.1, 0.15) is 12.3 Å². The lowest BCUT2D eigenvalue weighted by molar-refractivity contribution is 0.250. The molecule has 2 heterocycles. The van der Waals surface area contributed by atoms with Gasteiger partial charge in [0, 0.05) is 11.3 Å². The molecule has 3 rings (SSSR count). The van der Waals surface area contributed by atoms with Gasteiger partial charge in [-0.25, -0.2) is 4.98 Å². The van der Waals surface area contributed by atoms with Crippen molar-refractivity contribution in [2.45, 2.75) is 27.1 Å². The molecule has 3 aromatic rings. The van der Waals surface area contributed by atoms with E-state index in [4.69, 9.17) is 4.74 Å². The Morgan fingerprint density at radius 2 is 1.86 bits per heavy atom. The maximum Gasteiger partial charge on any atom is 0.205 e. The summed E-state index contributed by atoms with van der Waals surface area (Å²) in [5.74, 6) is 0.664. The largest absolute Gasteiger partial charge is 0.473 e. The summed E-state index contributed by atoms with van der Waals surface area (Å²) >= 11 is 0. The molecule has 0 saturated carbocycles. The number of nitrogens with zero attached hydrogens (tertiary/aromatic N) is 2. The fourth-order valence-corrected chi connectivity index (χ4v) is 2.40. The molecule has 0 atom stereocenters. The Hall–Kier alpha value is -2.33. The number of aliphatic hydroxyl groups is 1. The summed E-state index contributed by atoms with van der Waals surface area (Å²) in [7, 11) is 0. The zero-order valence-electron chi connectivity index (χ0n) is 12.2. The lowest BCUT2D eigenvalue weighted by Gasteiger charge is -2.13. The number of aliphatic hydroxyl groups excluding tert-OH is 1. The average molecular weight is 282 g/mol. The molecule has 0 aliphatic carbocycles. The normalized spacial score (nSPS) is 11.0. The Balaban J connectivity index is 2.03. The van der Waals surface area contributed by atoms with Gasteiger partial charge in [0.2, 0.25) is 5.88 Å². The first-order valence-electron chi connectivity index (χ1n) is 6.96. The van der Waals surface area contributed by atoms with Crippen LogP contribution in [0, 0.1) is 13.8 Å². The minimum absolute atomic E-state index is 0.0588. The van der Waals surface area contributed by atoms with Gasteiger partial charge in [-0.3, -0.25) is 4.40 Å². The molecule has 1 aromatic carbocycles. The molecule has 0 spiro atoms. The van der Waals surface area contributed by atoms with Gasteiger partial charge in [-0.15, -0.1) is 0 Å². The summed E-state index contributed by atoms with van der Waals surface area (Å²) in [6, 6.07) is 13.8. The van der Waals surface area contributed by atoms with Crippen LogP contribution in [-0.4, -0.2) is 14.5 Å². The van der Waals surface area contributed by atoms with Crippen LogP contribution in [-0.2, 0) is 13.2 Å². The highest BCUT2D eigenvalue weighted by Crippen LogP contribution is 2.25. The average Bonchev–Trinajstić information content (AvgIpc) is 2.81. The van der Waals surface area contributed by atoms with E-state index in [1.54, 1.807) is 0 Å². The third-order valence-corrected chi connectivity index (χ3v) is 3.67. The molecule has 4 heteroatoms. The van der Waals surface area contributed by atoms with Gasteiger partial charge in [0.15, 0.2) is 0 Å². The molecule has 108 valence electrons. The molecule has 0 aliphatic heterocycles. The van der Waals surface area contributed by atoms with E-state index in [1.165, 1.54) is 0 Å². The third kappa shape index (κ3) is 2.50. The van der Waals surface area contributed by atoms with Crippen molar-refractivity contribution in [2.75, 3.05) is 0 Å². The Bertz CT molecular complexity index is 763. The molecule has 2 aromatic heterocycles. The second kappa shape index (κ2) is 5.58. The van der Waals surface area contributed by atoms with Gasteiger partial charge < -0.3 is 9.84 Å². The van der Waals surface area contributed by atoms with E-state index in [0.717, 1.165) is 28.2 Å². The van der Waals surface area contributed by atoms with Crippen molar-refractivity contribution in [3.8, 4) is 5.88 Å². The number of hydrogen-bond donors (Lipinski definition) is 1. The van der Waals surface area contributed by atoms with Crippen molar-refractivity contribution >= 4 is 5.65 Å². The first kappa shape index (κ1) is 13.6. The van der Waals surface area contributed by atoms with Crippen molar-refractivity contribution in [2.24, 2.45) is 0 Å². The monoisotopic (exact) mass is 282 g/mol. The van der Waals surface area contributed by atoms with Gasteiger partial charge in [-0.1, -0.05) is 30.3 Å². The van der Waals surface area contributed by atoms with Crippen LogP contribution in [0.3, 0.4) is 0 Å². The van der Waals surface area contributed by atoms with Crippen molar-refractivity contribution in [3.05, 3.63) is 65.0 Å². The summed E-state index contributed by atoms with van der Waals surface area (Å²) in [4.78, 5) is 4.51. The van der Waals surface area contributed by atoms with E-state index in [1.807, 2.05) is 60.7 Å². The van der Waals surface area contributed by atoms with E-state index in [2.05, 4.69) is 4.98 Å². The first-order valence-corrected chi connectivity index (χ1v) is 6.96. The van der Waals surface area contributed by atoms with E-state index in [-0.39, 0.29) is 6.61 Å². The minimum atomic E-state index is -0.0588. The summed E-state index contributed by atoms with van der Waals surface area (Å²) in [5.41, 5.74) is 4.69. The minimum Gasteiger partial charge on any atom is -0.473 e. The van der Waals surface area contributed by atoms with Gasteiger partial charge in [-0.2, -0.15) is 0 Å². The number of ether oxygens (including phenoxy) is 1. The Labute approximate surface area is 123 Å². The number of aryl methyl sites for hydroxylation is 2. The number of rotatable bonds is 4. The maximum absolute atomic E-state index is 9.56. The highest BCUT2D eigenvalue weighted by molar-refractivity contribution is 5.49. The van der Waals surface area contributed by atoms with Gasteiger partial charge in [0.25, 0.3) is 0 Å². The molecule has 0 fully saturated rings. The number of aromatic nitrogens is 2. The van der Waals surface area contributed by atoms with Gasteiger partial charge >= 0.3 is 0 Å². The SMILES string of the molecule is Cc1nc2ccc(CO)c(OCc3ccccc3)n2c1C. The zero-order valence-corrected chi connectivity index (χ0v) is 12.2. The highest BCUT2D eigenvalue weighted by Gasteiger charge is 2.13. The summed E-state index contributed by atoms with van der Waals surface area (Å²) in [5, 5.41) is 9.56. The van der Waals surface area contributed by atoms with Gasteiger partial charge in [0.05, 0.1) is 12.3 Å². The van der Waals surface area contributed by atoms with Gasteiger partial charge in [-0.05, 0) is 31.5 Å². The summed E-state index contributed by atoms with van der Waals surface area (Å²) < 4.78 is 7.95. The number of imidazole rings is 1. The predicted molar refractivity (Wildman–Crippen MR) is 81.4 cm³/mol. The van der Waals surface area contributed by atoms with Crippen LogP contribution < -0.4 is 4.74 Å². The fourth-order valence-electron chi connectivity index (χ4n) is 2.40. The second-order valence-electron chi connectivity index (χ2n) is 5.07. The Morgan fingerprint density at radius 3 is 2.57 bits per heavy atom. The summed E-state index contributed by atoms with van der Waals surface area (Å²) in [6.07, 6.45) is 0. The molecule has 0 unspecified atom stereocenters. The third-order valence-electron chi connectivity index (χ3n) is 3.67. The molecular formula is C17H18N2O2. The first-order chi connectivity index (χ1) is 10.2. The Morgan fingerprint density at radius 1 is 1.10 bits per heavy atom. The molecule has 0 saturated heterocycles. The maximum atomic E-state index is 9.56. The van der Waals surface area contributed by atoms with E-state index in [9.17, 15) is 5.11 Å². The van der Waals surface area contributed by atoms with Crippen LogP contribution in [0.25, 0.3) is 5.65 Å². The molecular weight excluding hydrogens is 264 g/mol. The van der Waals surface area contributed by atoms with Crippen molar-refractivity contribution in [1.29, 1.82) is 0 Å². The zero-order chi connectivity index (χ0) is 14.8. The summed E-state index contributed by atoms with van der Waals surface area (Å²) in [6.45, 7) is 4.38. The number of benzene rings is 1. The van der Waals surface area contributed by atoms with E-state index < -0.39 is 0 Å². The number of pyridine rings is 1. The van der Waals surface area contributed by atoms with E-state index >= 15 is 0 Å². The molecule has 0 aliphatic rings. The molecule has 0 radical (unpaired) electrons. The van der Waals surface area contributed by atoms with Crippen LogP contribution in [0.15, 0.2) is 42.5 Å². The lowest BCUT2D eigenvalue weighted by atomic mass is 10.2. The lowest BCUT2D eigenvalue weighted by Crippen LogP contribution is -2.05. The molecule has 0 amide bonds. The second-order valence-corrected chi connectivity index (χ2v) is 5.07. The quantitative estimate of drug-likeness (QED) is 0.800. The highest BCUT2D eigenvalue weighted by atomic mass is 16.5. The van der Waals surface area contributed by atoms with Crippen LogP contribution >= 0.6 is 0 Å². The Kier molecular flexibility index (Phi) is 3.62. The molecule has 21 heavy (non-hydrogen) atoms. The molecule has 1 N–H and O–H groups in total.